The molecule has 2 rings (SSSR count). The molecule has 30 heavy (non-hydrogen) atoms. The van der Waals surface area contributed by atoms with Crippen molar-refractivity contribution in [3.63, 3.8) is 0 Å². The summed E-state index contributed by atoms with van der Waals surface area (Å²) in [7, 11) is -0.670. The van der Waals surface area contributed by atoms with Gasteiger partial charge in [0.15, 0.2) is 0 Å². The van der Waals surface area contributed by atoms with Crippen molar-refractivity contribution in [3.8, 4) is 5.75 Å². The van der Waals surface area contributed by atoms with Crippen LogP contribution in [0.3, 0.4) is 0 Å². The first-order valence-electron chi connectivity index (χ1n) is 9.25. The summed E-state index contributed by atoms with van der Waals surface area (Å²) < 4.78 is 34.7. The summed E-state index contributed by atoms with van der Waals surface area (Å²) in [5.74, 6) is 0.382. The van der Waals surface area contributed by atoms with Gasteiger partial charge in [-0.15, -0.1) is 0 Å². The van der Waals surface area contributed by atoms with Gasteiger partial charge in [0.05, 0.1) is 32.7 Å². The van der Waals surface area contributed by atoms with Crippen LogP contribution in [0.15, 0.2) is 47.1 Å². The van der Waals surface area contributed by atoms with Gasteiger partial charge in [0.1, 0.15) is 17.6 Å². The first-order valence-corrected chi connectivity index (χ1v) is 11.1. The molecular formula is C20H27N3O6S. The Morgan fingerprint density at radius 3 is 2.40 bits per heavy atom. The van der Waals surface area contributed by atoms with Gasteiger partial charge in [-0.05, 0) is 36.8 Å². The predicted octanol–water partition coefficient (Wildman–Crippen LogP) is 1.21. The number of hydrogen-bond donors (Lipinski definition) is 1. The molecule has 1 heterocycles. The number of ether oxygens (including phenoxy) is 1. The molecule has 0 bridgehead atoms. The molecule has 0 unspecified atom stereocenters. The van der Waals surface area contributed by atoms with Crippen LogP contribution in [0.5, 0.6) is 5.75 Å². The zero-order valence-electron chi connectivity index (χ0n) is 17.5. The predicted molar refractivity (Wildman–Crippen MR) is 111 cm³/mol. The molecule has 0 saturated heterocycles. The van der Waals surface area contributed by atoms with Gasteiger partial charge < -0.3 is 19.4 Å². The van der Waals surface area contributed by atoms with E-state index in [4.69, 9.17) is 9.15 Å². The zero-order chi connectivity index (χ0) is 22.3. The molecule has 164 valence electrons. The Bertz CT molecular complexity index is 941. The molecule has 10 heteroatoms. The normalized spacial score (nSPS) is 12.4. The second-order valence-corrected chi connectivity index (χ2v) is 8.95. The first kappa shape index (κ1) is 23.4. The topological polar surface area (TPSA) is 109 Å². The lowest BCUT2D eigenvalue weighted by Gasteiger charge is -2.30. The van der Waals surface area contributed by atoms with Crippen LogP contribution in [0.25, 0.3) is 0 Å². The number of likely N-dealkylation sites (N-methyl/N-ethyl adjacent to an activating group) is 1. The third-order valence-corrected chi connectivity index (χ3v) is 5.88. The van der Waals surface area contributed by atoms with Crippen LogP contribution in [0.4, 0.5) is 0 Å². The lowest BCUT2D eigenvalue weighted by molar-refractivity contribution is -0.140. The van der Waals surface area contributed by atoms with Gasteiger partial charge in [0, 0.05) is 13.6 Å². The maximum Gasteiger partial charge on any atom is 0.242 e. The minimum Gasteiger partial charge on any atom is -0.497 e. The number of furan rings is 1. The summed E-state index contributed by atoms with van der Waals surface area (Å²) in [6, 6.07) is 9.68. The quantitative estimate of drug-likeness (QED) is 0.599. The Balaban J connectivity index is 2.17. The highest BCUT2D eigenvalue weighted by Crippen LogP contribution is 2.15. The Morgan fingerprint density at radius 1 is 1.20 bits per heavy atom. The molecule has 1 aromatic heterocycles. The van der Waals surface area contributed by atoms with Crippen LogP contribution in [0.1, 0.15) is 18.2 Å². The molecule has 0 aliphatic carbocycles. The lowest BCUT2D eigenvalue weighted by atomic mass is 10.1. The van der Waals surface area contributed by atoms with Crippen molar-refractivity contribution in [3.05, 3.63) is 54.0 Å². The molecule has 1 aromatic carbocycles. The van der Waals surface area contributed by atoms with E-state index in [2.05, 4.69) is 5.32 Å². The van der Waals surface area contributed by atoms with E-state index in [1.54, 1.807) is 50.4 Å². The van der Waals surface area contributed by atoms with Crippen molar-refractivity contribution in [1.82, 2.24) is 14.5 Å². The molecule has 0 fully saturated rings. The fraction of sp³-hybridized carbons (Fsp3) is 0.400. The summed E-state index contributed by atoms with van der Waals surface area (Å²) >= 11 is 0. The number of carbonyl (C=O) groups excluding carboxylic acids is 2. The van der Waals surface area contributed by atoms with Gasteiger partial charge in [0.25, 0.3) is 0 Å². The van der Waals surface area contributed by atoms with E-state index in [-0.39, 0.29) is 25.5 Å². The lowest BCUT2D eigenvalue weighted by Crippen LogP contribution is -2.50. The minimum atomic E-state index is -3.54. The van der Waals surface area contributed by atoms with Crippen LogP contribution in [-0.4, -0.2) is 62.4 Å². The van der Waals surface area contributed by atoms with Gasteiger partial charge in [-0.25, -0.2) is 8.42 Å². The molecule has 1 atom stereocenters. The fourth-order valence-corrected chi connectivity index (χ4v) is 2.99. The van der Waals surface area contributed by atoms with Crippen LogP contribution in [0.2, 0.25) is 0 Å². The van der Waals surface area contributed by atoms with Gasteiger partial charge >= 0.3 is 0 Å². The molecule has 2 aromatic rings. The number of methoxy groups -OCH3 is 1. The molecule has 0 radical (unpaired) electrons. The summed E-state index contributed by atoms with van der Waals surface area (Å²) in [5, 5.41) is 2.73. The number of rotatable bonds is 10. The largest absolute Gasteiger partial charge is 0.497 e. The number of benzene rings is 1. The van der Waals surface area contributed by atoms with E-state index < -0.39 is 22.0 Å². The highest BCUT2D eigenvalue weighted by atomic mass is 32.2. The second kappa shape index (κ2) is 10.3. The SMILES string of the molecule is COc1ccc(CN(C(=O)CN(C)S(C)(=O)=O)[C@@H](C)C(=O)NCc2ccco2)cc1. The highest BCUT2D eigenvalue weighted by molar-refractivity contribution is 7.88. The van der Waals surface area contributed by atoms with Crippen molar-refractivity contribution in [2.75, 3.05) is 27.0 Å². The molecule has 1 N–H and O–H groups in total. The molecule has 2 amide bonds. The Kier molecular flexibility index (Phi) is 8.01. The van der Waals surface area contributed by atoms with E-state index in [1.165, 1.54) is 18.2 Å². The van der Waals surface area contributed by atoms with Crippen LogP contribution in [-0.2, 0) is 32.7 Å². The fourth-order valence-electron chi connectivity index (χ4n) is 2.64. The monoisotopic (exact) mass is 437 g/mol. The molecule has 0 aliphatic rings. The molecule has 0 aliphatic heterocycles. The Labute approximate surface area is 176 Å². The standard InChI is InChI=1S/C20H27N3O6S/c1-15(20(25)21-12-18-6-5-11-29-18)23(19(24)14-22(2)30(4,26)27)13-16-7-9-17(28-3)10-8-16/h5-11,15H,12-14H2,1-4H3,(H,21,25)/t15-/m0/s1. The van der Waals surface area contributed by atoms with Gasteiger partial charge in [-0.1, -0.05) is 12.1 Å². The van der Waals surface area contributed by atoms with Gasteiger partial charge in [-0.2, -0.15) is 4.31 Å². The number of hydrogen-bond acceptors (Lipinski definition) is 6. The number of nitrogens with zero attached hydrogens (tertiary/aromatic N) is 2. The number of carbonyl (C=O) groups is 2. The highest BCUT2D eigenvalue weighted by Gasteiger charge is 2.28. The first-order chi connectivity index (χ1) is 14.1. The number of amides is 2. The summed E-state index contributed by atoms with van der Waals surface area (Å²) in [6.45, 7) is 1.55. The average molecular weight is 438 g/mol. The van der Waals surface area contributed by atoms with Crippen molar-refractivity contribution in [1.29, 1.82) is 0 Å². The van der Waals surface area contributed by atoms with E-state index in [0.717, 1.165) is 16.1 Å². The average Bonchev–Trinajstić information content (AvgIpc) is 3.23. The summed E-state index contributed by atoms with van der Waals surface area (Å²) in [4.78, 5) is 26.9. The maximum atomic E-state index is 12.9. The molecular weight excluding hydrogens is 410 g/mol. The molecule has 0 spiro atoms. The minimum absolute atomic E-state index is 0.135. The Hall–Kier alpha value is -2.85. The van der Waals surface area contributed by atoms with Crippen LogP contribution < -0.4 is 10.1 Å². The smallest absolute Gasteiger partial charge is 0.242 e. The van der Waals surface area contributed by atoms with Crippen LogP contribution in [0, 0.1) is 0 Å². The number of sulfonamides is 1. The van der Waals surface area contributed by atoms with Crippen molar-refractivity contribution in [2.24, 2.45) is 0 Å². The maximum absolute atomic E-state index is 12.9. The van der Waals surface area contributed by atoms with Crippen molar-refractivity contribution < 1.29 is 27.2 Å². The number of nitrogens with one attached hydrogen (secondary N) is 1. The van der Waals surface area contributed by atoms with Crippen molar-refractivity contribution in [2.45, 2.75) is 26.1 Å². The van der Waals surface area contributed by atoms with Crippen molar-refractivity contribution >= 4 is 21.8 Å². The summed E-state index contributed by atoms with van der Waals surface area (Å²) in [5.41, 5.74) is 0.775. The third-order valence-electron chi connectivity index (χ3n) is 4.62. The van der Waals surface area contributed by atoms with E-state index in [9.17, 15) is 18.0 Å². The molecule has 9 nitrogen and oxygen atoms in total. The zero-order valence-corrected chi connectivity index (χ0v) is 18.3. The van der Waals surface area contributed by atoms with Crippen LogP contribution >= 0.6 is 0 Å². The van der Waals surface area contributed by atoms with Gasteiger partial charge in [-0.3, -0.25) is 9.59 Å². The van der Waals surface area contributed by atoms with Gasteiger partial charge in [0.2, 0.25) is 21.8 Å². The third kappa shape index (κ3) is 6.60. The van der Waals surface area contributed by atoms with E-state index in [0.29, 0.717) is 11.5 Å². The molecule has 0 saturated carbocycles. The van der Waals surface area contributed by atoms with E-state index in [1.807, 2.05) is 0 Å². The Morgan fingerprint density at radius 2 is 1.87 bits per heavy atom. The second-order valence-electron chi connectivity index (χ2n) is 6.86. The van der Waals surface area contributed by atoms with E-state index >= 15 is 0 Å². The summed E-state index contributed by atoms with van der Waals surface area (Å²) in [6.07, 6.45) is 2.53.